The van der Waals surface area contributed by atoms with Crippen LogP contribution in [0.3, 0.4) is 0 Å². The van der Waals surface area contributed by atoms with Crippen LogP contribution in [0.15, 0.2) is 23.1 Å². The second-order valence-electron chi connectivity index (χ2n) is 9.21. The van der Waals surface area contributed by atoms with Crippen molar-refractivity contribution in [1.82, 2.24) is 10.0 Å². The maximum absolute atomic E-state index is 13.0. The van der Waals surface area contributed by atoms with E-state index in [-0.39, 0.29) is 26.9 Å². The number of halogens is 2. The standard InChI is InChI=1S/C20H26Cl2N2O3S/c1-20(2,24-28(26,27)16-5-3-4-15(21)17(16)22)19(25)23-18-13-7-11-6-12(9-13)10-14(18)8-11/h3-5,11-14,18,24H,6-10H2,1-2H3,(H,23,25). The highest BCUT2D eigenvalue weighted by Gasteiger charge is 2.49. The van der Waals surface area contributed by atoms with E-state index in [9.17, 15) is 13.2 Å². The van der Waals surface area contributed by atoms with Crippen LogP contribution in [-0.4, -0.2) is 25.9 Å². The summed E-state index contributed by atoms with van der Waals surface area (Å²) >= 11 is 12.0. The third kappa shape index (κ3) is 3.69. The molecule has 0 aliphatic heterocycles. The average molecular weight is 445 g/mol. The van der Waals surface area contributed by atoms with Crippen LogP contribution in [-0.2, 0) is 14.8 Å². The number of rotatable bonds is 5. The van der Waals surface area contributed by atoms with Gasteiger partial charge in [-0.3, -0.25) is 4.79 Å². The van der Waals surface area contributed by atoms with Gasteiger partial charge in [0.15, 0.2) is 0 Å². The minimum atomic E-state index is -4.00. The summed E-state index contributed by atoms with van der Waals surface area (Å²) in [6, 6.07) is 4.57. The Balaban J connectivity index is 1.49. The van der Waals surface area contributed by atoms with Gasteiger partial charge in [0, 0.05) is 6.04 Å². The molecule has 0 radical (unpaired) electrons. The number of nitrogens with one attached hydrogen (secondary N) is 2. The lowest BCUT2D eigenvalue weighted by molar-refractivity contribution is -0.129. The topological polar surface area (TPSA) is 75.3 Å². The molecule has 28 heavy (non-hydrogen) atoms. The summed E-state index contributed by atoms with van der Waals surface area (Å²) in [6.45, 7) is 3.16. The fourth-order valence-electron chi connectivity index (χ4n) is 5.62. The molecular formula is C20H26Cl2N2O3S. The summed E-state index contributed by atoms with van der Waals surface area (Å²) in [7, 11) is -4.00. The molecule has 0 unspecified atom stereocenters. The van der Waals surface area contributed by atoms with Gasteiger partial charge in [-0.25, -0.2) is 8.42 Å². The molecule has 1 amide bonds. The summed E-state index contributed by atoms with van der Waals surface area (Å²) in [6.07, 6.45) is 6.08. The minimum Gasteiger partial charge on any atom is -0.351 e. The van der Waals surface area contributed by atoms with Crippen LogP contribution in [0.4, 0.5) is 0 Å². The van der Waals surface area contributed by atoms with Gasteiger partial charge in [-0.2, -0.15) is 4.72 Å². The number of carbonyl (C=O) groups is 1. The summed E-state index contributed by atoms with van der Waals surface area (Å²) in [5.74, 6) is 2.37. The Kier molecular flexibility index (Phi) is 5.22. The van der Waals surface area contributed by atoms with Crippen molar-refractivity contribution < 1.29 is 13.2 Å². The first-order valence-corrected chi connectivity index (χ1v) is 12.1. The van der Waals surface area contributed by atoms with Gasteiger partial charge in [-0.15, -0.1) is 0 Å². The lowest BCUT2D eigenvalue weighted by Crippen LogP contribution is -2.62. The predicted molar refractivity (Wildman–Crippen MR) is 110 cm³/mol. The minimum absolute atomic E-state index is 0.0473. The van der Waals surface area contributed by atoms with E-state index in [0.717, 1.165) is 11.8 Å². The summed E-state index contributed by atoms with van der Waals surface area (Å²) in [4.78, 5) is 12.9. The van der Waals surface area contributed by atoms with Crippen LogP contribution in [0.2, 0.25) is 10.0 Å². The smallest absolute Gasteiger partial charge is 0.243 e. The van der Waals surface area contributed by atoms with E-state index in [2.05, 4.69) is 10.0 Å². The van der Waals surface area contributed by atoms with Gasteiger partial charge < -0.3 is 5.32 Å². The molecule has 4 bridgehead atoms. The second kappa shape index (κ2) is 7.15. The number of carbonyl (C=O) groups excluding carboxylic acids is 1. The van der Waals surface area contributed by atoms with Crippen LogP contribution in [0, 0.1) is 23.7 Å². The molecule has 0 saturated heterocycles. The largest absolute Gasteiger partial charge is 0.351 e. The molecule has 5 rings (SSSR count). The fraction of sp³-hybridized carbons (Fsp3) is 0.650. The molecule has 0 spiro atoms. The molecule has 2 N–H and O–H groups in total. The van der Waals surface area contributed by atoms with Gasteiger partial charge in [-0.05, 0) is 81.8 Å². The van der Waals surface area contributed by atoms with Crippen LogP contribution >= 0.6 is 23.2 Å². The van der Waals surface area contributed by atoms with Crippen molar-refractivity contribution in [2.24, 2.45) is 23.7 Å². The van der Waals surface area contributed by atoms with Crippen molar-refractivity contribution in [2.45, 2.75) is 62.4 Å². The molecule has 8 heteroatoms. The van der Waals surface area contributed by atoms with Crippen LogP contribution in [0.25, 0.3) is 0 Å². The molecule has 4 fully saturated rings. The van der Waals surface area contributed by atoms with E-state index in [1.807, 2.05) is 0 Å². The van der Waals surface area contributed by atoms with E-state index in [1.165, 1.54) is 50.3 Å². The zero-order valence-corrected chi connectivity index (χ0v) is 18.4. The summed E-state index contributed by atoms with van der Waals surface area (Å²) in [5.41, 5.74) is -1.31. The zero-order chi connectivity index (χ0) is 20.3. The molecule has 0 heterocycles. The highest BCUT2D eigenvalue weighted by Crippen LogP contribution is 2.53. The average Bonchev–Trinajstić information content (AvgIpc) is 2.58. The summed E-state index contributed by atoms with van der Waals surface area (Å²) < 4.78 is 28.2. The second-order valence-corrected chi connectivity index (χ2v) is 11.6. The van der Waals surface area contributed by atoms with Gasteiger partial charge in [-0.1, -0.05) is 29.3 Å². The van der Waals surface area contributed by atoms with Crippen molar-refractivity contribution in [3.8, 4) is 0 Å². The molecule has 5 nitrogen and oxygen atoms in total. The molecule has 154 valence electrons. The third-order valence-electron chi connectivity index (χ3n) is 6.69. The van der Waals surface area contributed by atoms with E-state index in [1.54, 1.807) is 13.8 Å². The van der Waals surface area contributed by atoms with Gasteiger partial charge in [0.1, 0.15) is 10.4 Å². The summed E-state index contributed by atoms with van der Waals surface area (Å²) in [5, 5.41) is 3.28. The molecule has 0 atom stereocenters. The number of amides is 1. The monoisotopic (exact) mass is 444 g/mol. The van der Waals surface area contributed by atoms with E-state index in [0.29, 0.717) is 11.8 Å². The van der Waals surface area contributed by atoms with Crippen molar-refractivity contribution in [2.75, 3.05) is 0 Å². The van der Waals surface area contributed by atoms with Crippen LogP contribution in [0.5, 0.6) is 0 Å². The lowest BCUT2D eigenvalue weighted by atomic mass is 9.54. The molecule has 1 aromatic carbocycles. The Hall–Kier alpha value is -0.820. The highest BCUT2D eigenvalue weighted by atomic mass is 35.5. The Morgan fingerprint density at radius 1 is 1.04 bits per heavy atom. The predicted octanol–water partition coefficient (Wildman–Crippen LogP) is 3.99. The number of benzene rings is 1. The first-order chi connectivity index (χ1) is 13.1. The quantitative estimate of drug-likeness (QED) is 0.720. The fourth-order valence-corrected chi connectivity index (χ4v) is 7.76. The Morgan fingerprint density at radius 2 is 1.61 bits per heavy atom. The zero-order valence-electron chi connectivity index (χ0n) is 16.0. The number of sulfonamides is 1. The Labute approximate surface area is 176 Å². The van der Waals surface area contributed by atoms with Gasteiger partial charge in [0.05, 0.1) is 10.0 Å². The SMILES string of the molecule is CC(C)(NS(=O)(=O)c1cccc(Cl)c1Cl)C(=O)NC1C2CC3CC(C2)CC1C3. The molecule has 0 aromatic heterocycles. The number of hydrogen-bond acceptors (Lipinski definition) is 3. The molecular weight excluding hydrogens is 419 g/mol. The van der Waals surface area contributed by atoms with Crippen LogP contribution < -0.4 is 10.0 Å². The molecule has 4 aliphatic rings. The lowest BCUT2D eigenvalue weighted by Gasteiger charge is -2.54. The van der Waals surface area contributed by atoms with E-state index in [4.69, 9.17) is 23.2 Å². The van der Waals surface area contributed by atoms with Crippen molar-refractivity contribution >= 4 is 39.1 Å². The third-order valence-corrected chi connectivity index (χ3v) is 9.32. The van der Waals surface area contributed by atoms with Gasteiger partial charge in [0.25, 0.3) is 0 Å². The van der Waals surface area contributed by atoms with E-state index < -0.39 is 15.6 Å². The maximum Gasteiger partial charge on any atom is 0.243 e. The number of hydrogen-bond donors (Lipinski definition) is 2. The van der Waals surface area contributed by atoms with Crippen molar-refractivity contribution in [1.29, 1.82) is 0 Å². The first-order valence-electron chi connectivity index (χ1n) is 9.86. The maximum atomic E-state index is 13.0. The Bertz CT molecular complexity index is 873. The van der Waals surface area contributed by atoms with E-state index >= 15 is 0 Å². The molecule has 4 aliphatic carbocycles. The molecule has 1 aromatic rings. The molecule has 4 saturated carbocycles. The van der Waals surface area contributed by atoms with Crippen molar-refractivity contribution in [3.63, 3.8) is 0 Å². The normalized spacial score (nSPS) is 31.8. The Morgan fingerprint density at radius 3 is 2.18 bits per heavy atom. The first kappa shape index (κ1) is 20.5. The van der Waals surface area contributed by atoms with Gasteiger partial charge >= 0.3 is 0 Å². The van der Waals surface area contributed by atoms with Gasteiger partial charge in [0.2, 0.25) is 15.9 Å². The van der Waals surface area contributed by atoms with Crippen molar-refractivity contribution in [3.05, 3.63) is 28.2 Å². The van der Waals surface area contributed by atoms with Crippen LogP contribution in [0.1, 0.15) is 46.0 Å². The highest BCUT2D eigenvalue weighted by molar-refractivity contribution is 7.89.